The monoisotopic (exact) mass is 452 g/mol. The van der Waals surface area contributed by atoms with E-state index >= 15 is 0 Å². The molecule has 1 aliphatic heterocycles. The molecule has 0 unspecified atom stereocenters. The highest BCUT2D eigenvalue weighted by Gasteiger charge is 2.30. The third-order valence-corrected chi connectivity index (χ3v) is 5.28. The van der Waals surface area contributed by atoms with E-state index in [-0.39, 0.29) is 31.0 Å². The van der Waals surface area contributed by atoms with Gasteiger partial charge in [-0.15, -0.1) is 0 Å². The number of nitrogen functional groups attached to an aromatic ring is 1. The molecule has 2 aromatic heterocycles. The minimum absolute atomic E-state index is 0.00262. The molecule has 1 aromatic carbocycles. The highest BCUT2D eigenvalue weighted by Crippen LogP contribution is 2.34. The maximum Gasteiger partial charge on any atom is 0.220 e. The van der Waals surface area contributed by atoms with Crippen LogP contribution in [0.5, 0.6) is 5.88 Å². The molecule has 4 N–H and O–H groups in total. The molecule has 9 nitrogen and oxygen atoms in total. The maximum absolute atomic E-state index is 14.3. The zero-order valence-electron chi connectivity index (χ0n) is 18.4. The lowest BCUT2D eigenvalue weighted by atomic mass is 9.90. The molecule has 172 valence electrons. The standard InChI is InChI=1S/C23H25FN6O3/c1-13-21-19(29-23(25)26-13)12-18(28-22(21)30-33-10-4-9-31)15-8-7-14(24)11-16(15)17-5-3-6-20(27-17)32-2/h3,5-8,11,18,31H,4,9-10,12H2,1-2H3,(H,28,30)(H2,25,26,29)/t18-/m1/s1. The van der Waals surface area contributed by atoms with E-state index in [1.807, 2.05) is 6.92 Å². The van der Waals surface area contributed by atoms with E-state index in [4.69, 9.17) is 20.4 Å². The first-order chi connectivity index (χ1) is 16.0. The second-order valence-electron chi connectivity index (χ2n) is 7.54. The van der Waals surface area contributed by atoms with Gasteiger partial charge in [0.05, 0.1) is 35.8 Å². The number of nitrogens with one attached hydrogen (secondary N) is 1. The Bertz CT molecular complexity index is 1190. The summed E-state index contributed by atoms with van der Waals surface area (Å²) in [5, 5.41) is 16.6. The van der Waals surface area contributed by atoms with Crippen LogP contribution in [0.15, 0.2) is 41.6 Å². The van der Waals surface area contributed by atoms with E-state index in [2.05, 4.69) is 25.4 Å². The minimum Gasteiger partial charge on any atom is -0.481 e. The number of rotatable bonds is 7. The SMILES string of the molecule is COc1cccc(-c2cc(F)ccc2[C@H]2Cc3nc(N)nc(C)c3/C(=N/OCCCO)N2)n1. The summed E-state index contributed by atoms with van der Waals surface area (Å²) in [6.45, 7) is 2.08. The van der Waals surface area contributed by atoms with E-state index in [1.54, 1.807) is 24.3 Å². The first kappa shape index (κ1) is 22.4. The van der Waals surface area contributed by atoms with Crippen LogP contribution < -0.4 is 15.8 Å². The molecule has 3 heterocycles. The van der Waals surface area contributed by atoms with Gasteiger partial charge < -0.3 is 25.7 Å². The van der Waals surface area contributed by atoms with Crippen molar-refractivity contribution in [3.05, 3.63) is 64.7 Å². The van der Waals surface area contributed by atoms with Crippen LogP contribution in [-0.2, 0) is 11.3 Å². The van der Waals surface area contributed by atoms with Crippen molar-refractivity contribution < 1.29 is 19.1 Å². The van der Waals surface area contributed by atoms with Gasteiger partial charge in [-0.1, -0.05) is 17.3 Å². The average Bonchev–Trinajstić information content (AvgIpc) is 2.81. The van der Waals surface area contributed by atoms with Crippen LogP contribution in [-0.4, -0.2) is 46.2 Å². The number of pyridine rings is 1. The normalized spacial score (nSPS) is 16.2. The lowest BCUT2D eigenvalue weighted by Crippen LogP contribution is -2.38. The molecule has 10 heteroatoms. The molecule has 0 bridgehead atoms. The third-order valence-electron chi connectivity index (χ3n) is 5.28. The Morgan fingerprint density at radius 2 is 2.09 bits per heavy atom. The summed E-state index contributed by atoms with van der Waals surface area (Å²) in [7, 11) is 1.53. The number of aryl methyl sites for hydroxylation is 1. The molecule has 33 heavy (non-hydrogen) atoms. The molecule has 0 saturated heterocycles. The molecule has 0 amide bonds. The molecule has 3 aromatic rings. The summed E-state index contributed by atoms with van der Waals surface area (Å²) in [6, 6.07) is 9.60. The Balaban J connectivity index is 1.78. The summed E-state index contributed by atoms with van der Waals surface area (Å²) in [6.07, 6.45) is 0.926. The van der Waals surface area contributed by atoms with Crippen LogP contribution >= 0.6 is 0 Å². The summed E-state index contributed by atoms with van der Waals surface area (Å²) >= 11 is 0. The second kappa shape index (κ2) is 9.78. The Kier molecular flexibility index (Phi) is 6.64. The van der Waals surface area contributed by atoms with E-state index < -0.39 is 0 Å². The fourth-order valence-corrected chi connectivity index (χ4v) is 3.82. The van der Waals surface area contributed by atoms with Crippen LogP contribution in [0, 0.1) is 12.7 Å². The molecule has 1 atom stereocenters. The summed E-state index contributed by atoms with van der Waals surface area (Å²) in [5.74, 6) is 0.672. The van der Waals surface area contributed by atoms with Gasteiger partial charge in [-0.3, -0.25) is 0 Å². The number of halogens is 1. The van der Waals surface area contributed by atoms with E-state index in [0.717, 1.165) is 5.56 Å². The molecule has 0 fully saturated rings. The number of aliphatic hydroxyl groups excluding tert-OH is 1. The molecule has 0 radical (unpaired) electrons. The lowest BCUT2D eigenvalue weighted by molar-refractivity contribution is 0.122. The van der Waals surface area contributed by atoms with Gasteiger partial charge in [0.25, 0.3) is 0 Å². The van der Waals surface area contributed by atoms with Crippen molar-refractivity contribution in [1.29, 1.82) is 0 Å². The molecular formula is C23H25FN6O3. The smallest absolute Gasteiger partial charge is 0.220 e. The van der Waals surface area contributed by atoms with Gasteiger partial charge in [0.15, 0.2) is 5.84 Å². The molecule has 4 rings (SSSR count). The molecule has 0 saturated carbocycles. The fourth-order valence-electron chi connectivity index (χ4n) is 3.82. The summed E-state index contributed by atoms with van der Waals surface area (Å²) in [5.41, 5.74) is 10.0. The van der Waals surface area contributed by atoms with Gasteiger partial charge in [-0.2, -0.15) is 0 Å². The van der Waals surface area contributed by atoms with Crippen molar-refractivity contribution in [2.75, 3.05) is 26.1 Å². The quantitative estimate of drug-likeness (QED) is 0.369. The zero-order chi connectivity index (χ0) is 23.4. The van der Waals surface area contributed by atoms with E-state index in [9.17, 15) is 4.39 Å². The van der Waals surface area contributed by atoms with Crippen LogP contribution in [0.2, 0.25) is 0 Å². The summed E-state index contributed by atoms with van der Waals surface area (Å²) < 4.78 is 19.5. The topological polar surface area (TPSA) is 128 Å². The van der Waals surface area contributed by atoms with Crippen molar-refractivity contribution in [2.45, 2.75) is 25.8 Å². The fraction of sp³-hybridized carbons (Fsp3) is 0.304. The minimum atomic E-state index is -0.377. The number of ether oxygens (including phenoxy) is 1. The number of benzene rings is 1. The number of anilines is 1. The van der Waals surface area contributed by atoms with Crippen LogP contribution in [0.3, 0.4) is 0 Å². The molecular weight excluding hydrogens is 427 g/mol. The van der Waals surface area contributed by atoms with Crippen molar-refractivity contribution in [2.24, 2.45) is 5.16 Å². The van der Waals surface area contributed by atoms with Crippen LogP contribution in [0.1, 0.15) is 35.0 Å². The van der Waals surface area contributed by atoms with Gasteiger partial charge in [0.2, 0.25) is 11.8 Å². The Labute approximate surface area is 190 Å². The number of nitrogens with zero attached hydrogens (tertiary/aromatic N) is 4. The van der Waals surface area contributed by atoms with Gasteiger partial charge in [-0.25, -0.2) is 19.3 Å². The van der Waals surface area contributed by atoms with E-state index in [1.165, 1.54) is 19.2 Å². The number of amidine groups is 1. The zero-order valence-corrected chi connectivity index (χ0v) is 18.4. The first-order valence-electron chi connectivity index (χ1n) is 10.5. The van der Waals surface area contributed by atoms with Crippen molar-refractivity contribution in [3.63, 3.8) is 0 Å². The maximum atomic E-state index is 14.3. The number of aliphatic hydroxyl groups is 1. The van der Waals surface area contributed by atoms with Crippen molar-refractivity contribution >= 4 is 11.8 Å². The lowest BCUT2D eigenvalue weighted by Gasteiger charge is -2.29. The number of aromatic nitrogens is 3. The Hall–Kier alpha value is -3.79. The van der Waals surface area contributed by atoms with Gasteiger partial charge in [0, 0.05) is 31.1 Å². The highest BCUT2D eigenvalue weighted by molar-refractivity contribution is 6.01. The number of fused-ring (bicyclic) bond motifs is 1. The van der Waals surface area contributed by atoms with Crippen molar-refractivity contribution in [1.82, 2.24) is 20.3 Å². The first-order valence-corrected chi connectivity index (χ1v) is 10.5. The molecule has 1 aliphatic rings. The molecule has 0 aliphatic carbocycles. The summed E-state index contributed by atoms with van der Waals surface area (Å²) in [4.78, 5) is 18.6. The van der Waals surface area contributed by atoms with Crippen LogP contribution in [0.25, 0.3) is 11.3 Å². The number of methoxy groups -OCH3 is 1. The van der Waals surface area contributed by atoms with Crippen LogP contribution in [0.4, 0.5) is 10.3 Å². The van der Waals surface area contributed by atoms with Gasteiger partial charge in [0.1, 0.15) is 12.4 Å². The number of hydrogen-bond donors (Lipinski definition) is 3. The van der Waals surface area contributed by atoms with Crippen molar-refractivity contribution in [3.8, 4) is 17.1 Å². The largest absolute Gasteiger partial charge is 0.481 e. The highest BCUT2D eigenvalue weighted by atomic mass is 19.1. The predicted octanol–water partition coefficient (Wildman–Crippen LogP) is 2.52. The number of oxime groups is 1. The van der Waals surface area contributed by atoms with Gasteiger partial charge >= 0.3 is 0 Å². The predicted molar refractivity (Wildman–Crippen MR) is 121 cm³/mol. The molecule has 0 spiro atoms. The second-order valence-corrected chi connectivity index (χ2v) is 7.54. The Morgan fingerprint density at radius 1 is 1.24 bits per heavy atom. The van der Waals surface area contributed by atoms with E-state index in [0.29, 0.717) is 52.8 Å². The Morgan fingerprint density at radius 3 is 2.88 bits per heavy atom. The third kappa shape index (κ3) is 4.85. The van der Waals surface area contributed by atoms with Gasteiger partial charge in [-0.05, 0) is 30.7 Å². The average molecular weight is 452 g/mol. The number of nitrogens with two attached hydrogens (primary N) is 1. The number of hydrogen-bond acceptors (Lipinski definition) is 8.